The fourth-order valence-electron chi connectivity index (χ4n) is 3.42. The second-order valence-electron chi connectivity index (χ2n) is 6.28. The minimum absolute atomic E-state index is 0.00725. The van der Waals surface area contributed by atoms with Crippen molar-refractivity contribution in [3.8, 4) is 5.75 Å². The van der Waals surface area contributed by atoms with Gasteiger partial charge in [0.05, 0.1) is 31.1 Å². The van der Waals surface area contributed by atoms with Crippen molar-refractivity contribution in [2.75, 3.05) is 26.0 Å². The number of carbonyl (C=O) groups is 1. The van der Waals surface area contributed by atoms with E-state index in [2.05, 4.69) is 33.6 Å². The van der Waals surface area contributed by atoms with Gasteiger partial charge in [0.2, 0.25) is 0 Å². The molecule has 0 fully saturated rings. The monoisotopic (exact) mass is 408 g/mol. The molecular weight excluding hydrogens is 390 g/mol. The zero-order valence-corrected chi connectivity index (χ0v) is 15.9. The smallest absolute Gasteiger partial charge is 0.256 e. The Balaban J connectivity index is 1.73. The van der Waals surface area contributed by atoms with E-state index in [4.69, 9.17) is 4.74 Å². The van der Waals surface area contributed by atoms with Crippen LogP contribution >= 0.6 is 27.3 Å². The Bertz CT molecular complexity index is 820. The molecule has 0 aliphatic carbocycles. The third-order valence-corrected chi connectivity index (χ3v) is 6.29. The molecule has 2 aliphatic rings. The predicted molar refractivity (Wildman–Crippen MR) is 98.0 cm³/mol. The second-order valence-corrected chi connectivity index (χ2v) is 8.30. The number of methoxy groups -OCH3 is 1. The maximum atomic E-state index is 12.8. The Labute approximate surface area is 153 Å². The number of halogens is 1. The van der Waals surface area contributed by atoms with E-state index in [-0.39, 0.29) is 12.1 Å². The fourth-order valence-corrected chi connectivity index (χ4v) is 5.18. The van der Waals surface area contributed by atoms with Gasteiger partial charge in [-0.3, -0.25) is 4.79 Å². The number of carbonyl (C=O) groups excluding carboxylic acids is 1. The third kappa shape index (κ3) is 2.60. The molecule has 0 spiro atoms. The van der Waals surface area contributed by atoms with Crippen LogP contribution in [0.3, 0.4) is 0 Å². The first-order chi connectivity index (χ1) is 11.6. The van der Waals surface area contributed by atoms with Crippen LogP contribution in [0, 0.1) is 0 Å². The first-order valence-electron chi connectivity index (χ1n) is 7.93. The van der Waals surface area contributed by atoms with Crippen molar-refractivity contribution in [1.82, 2.24) is 5.32 Å². The summed E-state index contributed by atoms with van der Waals surface area (Å²) in [5, 5.41) is 7.56. The quantitative estimate of drug-likeness (QED) is 0.711. The van der Waals surface area contributed by atoms with E-state index in [1.807, 2.05) is 18.2 Å². The summed E-state index contributed by atoms with van der Waals surface area (Å²) in [5.41, 5.74) is 2.98. The van der Waals surface area contributed by atoms with Gasteiger partial charge in [-0.1, -0.05) is 15.9 Å². The van der Waals surface area contributed by atoms with Crippen molar-refractivity contribution in [2.24, 2.45) is 0 Å². The van der Waals surface area contributed by atoms with Crippen LogP contribution in [-0.4, -0.2) is 26.6 Å². The lowest BCUT2D eigenvalue weighted by Crippen LogP contribution is -3.08. The average Bonchev–Trinajstić information content (AvgIpc) is 2.92. The van der Waals surface area contributed by atoms with Gasteiger partial charge in [0.15, 0.2) is 0 Å². The van der Waals surface area contributed by atoms with Crippen molar-refractivity contribution >= 4 is 38.2 Å². The Morgan fingerprint density at radius 1 is 1.38 bits per heavy atom. The highest BCUT2D eigenvalue weighted by Gasteiger charge is 2.34. The highest BCUT2D eigenvalue weighted by Crippen LogP contribution is 2.40. The molecule has 7 heteroatoms. The number of nitrogens with one attached hydrogen (secondary N) is 3. The van der Waals surface area contributed by atoms with Gasteiger partial charge >= 0.3 is 0 Å². The molecule has 0 radical (unpaired) electrons. The molecule has 2 atom stereocenters. The number of quaternary nitrogens is 1. The molecular formula is C17H19BrN3O2S+. The van der Waals surface area contributed by atoms with Gasteiger partial charge in [-0.2, -0.15) is 0 Å². The Morgan fingerprint density at radius 2 is 2.21 bits per heavy atom. The number of hydrogen-bond donors (Lipinski definition) is 3. The zero-order chi connectivity index (χ0) is 16.8. The summed E-state index contributed by atoms with van der Waals surface area (Å²) in [4.78, 5) is 15.6. The number of rotatable bonds is 2. The molecule has 1 aromatic heterocycles. The molecule has 4 rings (SSSR count). The van der Waals surface area contributed by atoms with Gasteiger partial charge in [-0.15, -0.1) is 11.3 Å². The molecule has 126 valence electrons. The van der Waals surface area contributed by atoms with E-state index in [9.17, 15) is 4.79 Å². The lowest BCUT2D eigenvalue weighted by atomic mass is 10.0. The van der Waals surface area contributed by atoms with Gasteiger partial charge in [-0.25, -0.2) is 0 Å². The van der Waals surface area contributed by atoms with E-state index < -0.39 is 0 Å². The summed E-state index contributed by atoms with van der Waals surface area (Å²) in [5.74, 6) is 0.762. The number of ether oxygens (including phenoxy) is 1. The maximum Gasteiger partial charge on any atom is 0.256 e. The van der Waals surface area contributed by atoms with Gasteiger partial charge in [0.1, 0.15) is 23.5 Å². The van der Waals surface area contributed by atoms with Crippen molar-refractivity contribution in [3.63, 3.8) is 0 Å². The standard InChI is InChI=1S/C17H18BrN3O2S/c1-21-6-5-10-13(8-21)24-17-14(10)16(22)19-15(20-17)11-7-9(18)3-4-12(11)23-2/h3-4,7,15,20H,5-6,8H2,1-2H3,(H,19,22)/p+1/t15-/m0/s1. The Morgan fingerprint density at radius 3 is 3.00 bits per heavy atom. The van der Waals surface area contributed by atoms with E-state index >= 15 is 0 Å². The molecule has 1 amide bonds. The van der Waals surface area contributed by atoms with E-state index in [0.29, 0.717) is 0 Å². The molecule has 0 bridgehead atoms. The minimum atomic E-state index is -0.289. The molecule has 3 heterocycles. The van der Waals surface area contributed by atoms with Gasteiger partial charge in [0, 0.05) is 16.5 Å². The number of hydrogen-bond acceptors (Lipinski definition) is 4. The molecule has 5 nitrogen and oxygen atoms in total. The molecule has 24 heavy (non-hydrogen) atoms. The molecule has 1 unspecified atom stereocenters. The summed E-state index contributed by atoms with van der Waals surface area (Å²) in [6.07, 6.45) is 0.676. The summed E-state index contributed by atoms with van der Waals surface area (Å²) < 4.78 is 6.41. The topological polar surface area (TPSA) is 54.8 Å². The number of thiophene rings is 1. The number of fused-ring (bicyclic) bond motifs is 3. The minimum Gasteiger partial charge on any atom is -0.496 e. The first kappa shape index (κ1) is 15.9. The zero-order valence-electron chi connectivity index (χ0n) is 13.5. The van der Waals surface area contributed by atoms with Crippen LogP contribution in [0.5, 0.6) is 5.75 Å². The van der Waals surface area contributed by atoms with Crippen LogP contribution in [0.25, 0.3) is 0 Å². The van der Waals surface area contributed by atoms with Crippen LogP contribution in [0.2, 0.25) is 0 Å². The summed E-state index contributed by atoms with van der Waals surface area (Å²) >= 11 is 5.21. The molecule has 2 aromatic rings. The van der Waals surface area contributed by atoms with Crippen LogP contribution in [0.1, 0.15) is 32.5 Å². The van der Waals surface area contributed by atoms with Gasteiger partial charge in [0.25, 0.3) is 5.91 Å². The lowest BCUT2D eigenvalue weighted by Gasteiger charge is -2.28. The number of benzene rings is 1. The van der Waals surface area contributed by atoms with Crippen LogP contribution in [0.15, 0.2) is 22.7 Å². The van der Waals surface area contributed by atoms with Crippen molar-refractivity contribution < 1.29 is 14.4 Å². The van der Waals surface area contributed by atoms with E-state index in [1.165, 1.54) is 15.3 Å². The molecule has 0 saturated carbocycles. The van der Waals surface area contributed by atoms with Crippen LogP contribution in [0.4, 0.5) is 5.00 Å². The molecule has 3 N–H and O–H groups in total. The Kier molecular flexibility index (Phi) is 4.02. The number of anilines is 1. The summed E-state index contributed by atoms with van der Waals surface area (Å²) in [6, 6.07) is 5.81. The summed E-state index contributed by atoms with van der Waals surface area (Å²) in [7, 11) is 3.84. The Hall–Kier alpha value is -1.57. The predicted octanol–water partition coefficient (Wildman–Crippen LogP) is 1.94. The third-order valence-electron chi connectivity index (χ3n) is 4.64. The highest BCUT2D eigenvalue weighted by molar-refractivity contribution is 9.10. The van der Waals surface area contributed by atoms with Crippen molar-refractivity contribution in [3.05, 3.63) is 44.2 Å². The molecule has 0 saturated heterocycles. The first-order valence-corrected chi connectivity index (χ1v) is 9.54. The number of amides is 1. The van der Waals surface area contributed by atoms with E-state index in [1.54, 1.807) is 18.4 Å². The highest BCUT2D eigenvalue weighted by atomic mass is 79.9. The van der Waals surface area contributed by atoms with Crippen LogP contribution < -0.4 is 20.3 Å². The lowest BCUT2D eigenvalue weighted by molar-refractivity contribution is -0.895. The second kappa shape index (κ2) is 6.06. The maximum absolute atomic E-state index is 12.8. The van der Waals surface area contributed by atoms with Gasteiger partial charge in [-0.05, 0) is 23.8 Å². The van der Waals surface area contributed by atoms with Crippen molar-refractivity contribution in [2.45, 2.75) is 19.1 Å². The molecule has 2 aliphatic heterocycles. The number of likely N-dealkylation sites (N-methyl/N-ethyl adjacent to an activating group) is 1. The normalized spacial score (nSPS) is 22.2. The van der Waals surface area contributed by atoms with Crippen molar-refractivity contribution in [1.29, 1.82) is 0 Å². The van der Waals surface area contributed by atoms with E-state index in [0.717, 1.165) is 45.9 Å². The summed E-state index contributed by atoms with van der Waals surface area (Å²) in [6.45, 7) is 2.07. The largest absolute Gasteiger partial charge is 0.496 e. The average molecular weight is 409 g/mol. The van der Waals surface area contributed by atoms with Gasteiger partial charge < -0.3 is 20.3 Å². The fraction of sp³-hybridized carbons (Fsp3) is 0.353. The molecule has 1 aromatic carbocycles. The van der Waals surface area contributed by atoms with Crippen LogP contribution in [-0.2, 0) is 13.0 Å². The SMILES string of the molecule is COc1ccc(Br)cc1[C@H]1NC(=O)c2c(sc3c2CC[NH+](C)C3)N1.